The van der Waals surface area contributed by atoms with Gasteiger partial charge >= 0.3 is 5.97 Å². The number of nitrogens with zero attached hydrogens (tertiary/aromatic N) is 3. The van der Waals surface area contributed by atoms with E-state index in [1.54, 1.807) is 29.2 Å². The first-order valence-electron chi connectivity index (χ1n) is 10.4. The first-order valence-corrected chi connectivity index (χ1v) is 10.4. The molecule has 4 rings (SSSR count). The molecule has 1 aromatic heterocycles. The fraction of sp³-hybridized carbons (Fsp3) is 0.304. The Morgan fingerprint density at radius 2 is 1.94 bits per heavy atom. The van der Waals surface area contributed by atoms with Crippen LogP contribution in [0.1, 0.15) is 25.7 Å². The number of para-hydroxylation sites is 1. The monoisotopic (exact) mass is 437 g/mol. The van der Waals surface area contributed by atoms with Gasteiger partial charge in [-0.25, -0.2) is 4.79 Å². The second-order valence-electron chi connectivity index (χ2n) is 7.03. The lowest BCUT2D eigenvalue weighted by Gasteiger charge is -2.15. The molecule has 1 aliphatic rings. The van der Waals surface area contributed by atoms with Crippen molar-refractivity contribution in [3.05, 3.63) is 54.4 Å². The Bertz CT molecular complexity index is 1080. The molecule has 2 heterocycles. The number of hydrogen-bond acceptors (Lipinski definition) is 8. The Kier molecular flexibility index (Phi) is 6.64. The minimum atomic E-state index is -0.571. The molecule has 0 saturated carbocycles. The molecular formula is C23H23N3O6. The number of carbonyl (C=O) groups is 2. The lowest BCUT2D eigenvalue weighted by atomic mass is 10.2. The highest BCUT2D eigenvalue weighted by atomic mass is 16.6. The molecule has 0 aliphatic carbocycles. The molecule has 9 nitrogen and oxygen atoms in total. The van der Waals surface area contributed by atoms with Gasteiger partial charge in [-0.1, -0.05) is 17.3 Å². The highest BCUT2D eigenvalue weighted by Crippen LogP contribution is 2.27. The van der Waals surface area contributed by atoms with Gasteiger partial charge < -0.3 is 23.6 Å². The van der Waals surface area contributed by atoms with E-state index >= 15 is 0 Å². The predicted octanol–water partition coefficient (Wildman–Crippen LogP) is 3.38. The Labute approximate surface area is 184 Å². The minimum absolute atomic E-state index is 0.118. The van der Waals surface area contributed by atoms with Gasteiger partial charge in [0, 0.05) is 18.7 Å². The van der Waals surface area contributed by atoms with Crippen LogP contribution in [-0.4, -0.2) is 41.8 Å². The average Bonchev–Trinajstić information content (AvgIpc) is 3.46. The number of anilines is 1. The average molecular weight is 437 g/mol. The minimum Gasteiger partial charge on any atom is -0.493 e. The fourth-order valence-electron chi connectivity index (χ4n) is 3.33. The van der Waals surface area contributed by atoms with Crippen LogP contribution in [0.2, 0.25) is 0 Å². The molecule has 1 aliphatic heterocycles. The van der Waals surface area contributed by atoms with Gasteiger partial charge in [-0.15, -0.1) is 0 Å². The summed E-state index contributed by atoms with van der Waals surface area (Å²) in [4.78, 5) is 29.8. The fourth-order valence-corrected chi connectivity index (χ4v) is 3.33. The molecule has 1 amide bonds. The number of esters is 1. The predicted molar refractivity (Wildman–Crippen MR) is 114 cm³/mol. The second kappa shape index (κ2) is 9.95. The van der Waals surface area contributed by atoms with Gasteiger partial charge in [-0.2, -0.15) is 4.98 Å². The molecule has 0 atom stereocenters. The third-order valence-electron chi connectivity index (χ3n) is 4.83. The van der Waals surface area contributed by atoms with Crippen LogP contribution in [0.5, 0.6) is 11.5 Å². The third-order valence-corrected chi connectivity index (χ3v) is 4.83. The maximum atomic E-state index is 12.0. The summed E-state index contributed by atoms with van der Waals surface area (Å²) >= 11 is 0. The maximum Gasteiger partial charge on any atom is 0.344 e. The summed E-state index contributed by atoms with van der Waals surface area (Å²) in [5.74, 6) is 1.22. The summed E-state index contributed by atoms with van der Waals surface area (Å²) in [5.41, 5.74) is 1.51. The van der Waals surface area contributed by atoms with Crippen LogP contribution in [0.15, 0.2) is 53.1 Å². The Morgan fingerprint density at radius 3 is 2.69 bits per heavy atom. The molecule has 1 saturated heterocycles. The first kappa shape index (κ1) is 21.4. The molecule has 1 fully saturated rings. The first-order chi connectivity index (χ1) is 15.6. The molecule has 0 N–H and O–H groups in total. The SMILES string of the molecule is CCOc1ccccc1-c1noc(COC(=O)COc2ccc(N3CCCC3=O)cc2)n1. The van der Waals surface area contributed by atoms with Crippen molar-refractivity contribution in [3.63, 3.8) is 0 Å². The van der Waals surface area contributed by atoms with Crippen LogP contribution >= 0.6 is 0 Å². The summed E-state index contributed by atoms with van der Waals surface area (Å²) < 4.78 is 21.3. The van der Waals surface area contributed by atoms with E-state index < -0.39 is 5.97 Å². The lowest BCUT2D eigenvalue weighted by molar-refractivity contribution is -0.148. The number of rotatable bonds is 9. The number of ether oxygens (including phenoxy) is 3. The molecular weight excluding hydrogens is 414 g/mol. The van der Waals surface area contributed by atoms with Crippen LogP contribution in [0.4, 0.5) is 5.69 Å². The molecule has 0 bridgehead atoms. The van der Waals surface area contributed by atoms with Crippen molar-refractivity contribution in [3.8, 4) is 22.9 Å². The number of carbonyl (C=O) groups excluding carboxylic acids is 2. The molecule has 0 unspecified atom stereocenters. The molecule has 0 spiro atoms. The quantitative estimate of drug-likeness (QED) is 0.469. The lowest BCUT2D eigenvalue weighted by Crippen LogP contribution is -2.23. The van der Waals surface area contributed by atoms with Gasteiger partial charge in [-0.05, 0) is 49.7 Å². The number of benzene rings is 2. The Morgan fingerprint density at radius 1 is 1.12 bits per heavy atom. The van der Waals surface area contributed by atoms with Crippen molar-refractivity contribution in [1.29, 1.82) is 0 Å². The van der Waals surface area contributed by atoms with Crippen molar-refractivity contribution in [2.75, 3.05) is 24.7 Å². The van der Waals surface area contributed by atoms with Gasteiger partial charge in [-0.3, -0.25) is 4.79 Å². The summed E-state index contributed by atoms with van der Waals surface area (Å²) in [7, 11) is 0. The van der Waals surface area contributed by atoms with Gasteiger partial charge in [0.25, 0.3) is 5.89 Å². The van der Waals surface area contributed by atoms with Crippen molar-refractivity contribution < 1.29 is 28.3 Å². The molecule has 2 aromatic carbocycles. The van der Waals surface area contributed by atoms with Crippen molar-refractivity contribution in [2.24, 2.45) is 0 Å². The van der Waals surface area contributed by atoms with E-state index in [1.165, 1.54) is 0 Å². The summed E-state index contributed by atoms with van der Waals surface area (Å²) in [6, 6.07) is 14.4. The van der Waals surface area contributed by atoms with Crippen LogP contribution < -0.4 is 14.4 Å². The number of aromatic nitrogens is 2. The highest BCUT2D eigenvalue weighted by Gasteiger charge is 2.21. The van der Waals surface area contributed by atoms with E-state index in [0.717, 1.165) is 18.7 Å². The maximum absolute atomic E-state index is 12.0. The molecule has 9 heteroatoms. The van der Waals surface area contributed by atoms with Crippen LogP contribution in [0, 0.1) is 0 Å². The van der Waals surface area contributed by atoms with E-state index in [-0.39, 0.29) is 25.0 Å². The molecule has 166 valence electrons. The van der Waals surface area contributed by atoms with Crippen LogP contribution in [0.25, 0.3) is 11.4 Å². The third kappa shape index (κ3) is 5.05. The summed E-state index contributed by atoms with van der Waals surface area (Å²) in [6.07, 6.45) is 1.44. The Balaban J connectivity index is 1.26. The van der Waals surface area contributed by atoms with Crippen LogP contribution in [-0.2, 0) is 20.9 Å². The van der Waals surface area contributed by atoms with Crippen molar-refractivity contribution in [2.45, 2.75) is 26.4 Å². The summed E-state index contributed by atoms with van der Waals surface area (Å²) in [6.45, 7) is 2.69. The van der Waals surface area contributed by atoms with Crippen LogP contribution in [0.3, 0.4) is 0 Å². The number of hydrogen-bond donors (Lipinski definition) is 0. The van der Waals surface area contributed by atoms with E-state index in [0.29, 0.717) is 35.9 Å². The Hall–Kier alpha value is -3.88. The van der Waals surface area contributed by atoms with Crippen molar-refractivity contribution in [1.82, 2.24) is 10.1 Å². The van der Waals surface area contributed by atoms with Gasteiger partial charge in [0.15, 0.2) is 13.2 Å². The van der Waals surface area contributed by atoms with Gasteiger partial charge in [0.1, 0.15) is 11.5 Å². The highest BCUT2D eigenvalue weighted by molar-refractivity contribution is 5.95. The van der Waals surface area contributed by atoms with Gasteiger partial charge in [0.2, 0.25) is 11.7 Å². The summed E-state index contributed by atoms with van der Waals surface area (Å²) in [5, 5.41) is 3.93. The standard InChI is InChI=1S/C23H23N3O6/c1-2-29-19-7-4-3-6-18(19)23-24-20(32-25-23)14-31-22(28)15-30-17-11-9-16(10-12-17)26-13-5-8-21(26)27/h3-4,6-7,9-12H,2,5,8,13-15H2,1H3. The zero-order chi connectivity index (χ0) is 22.3. The zero-order valence-electron chi connectivity index (χ0n) is 17.7. The van der Waals surface area contributed by atoms with Crippen molar-refractivity contribution >= 4 is 17.6 Å². The second-order valence-corrected chi connectivity index (χ2v) is 7.03. The zero-order valence-corrected chi connectivity index (χ0v) is 17.7. The number of amides is 1. The molecule has 3 aromatic rings. The molecule has 0 radical (unpaired) electrons. The van der Waals surface area contributed by atoms with Gasteiger partial charge in [0.05, 0.1) is 12.2 Å². The van der Waals surface area contributed by atoms with E-state index in [9.17, 15) is 9.59 Å². The largest absolute Gasteiger partial charge is 0.493 e. The normalized spacial score (nSPS) is 13.3. The van der Waals surface area contributed by atoms with E-state index in [4.69, 9.17) is 18.7 Å². The topological polar surface area (TPSA) is 104 Å². The van der Waals surface area contributed by atoms with E-state index in [2.05, 4.69) is 10.1 Å². The van der Waals surface area contributed by atoms with E-state index in [1.807, 2.05) is 31.2 Å². The molecule has 32 heavy (non-hydrogen) atoms. The smallest absolute Gasteiger partial charge is 0.344 e.